The van der Waals surface area contributed by atoms with Crippen LogP contribution in [0.2, 0.25) is 0 Å². The maximum atomic E-state index is 9.73. The molecule has 0 saturated heterocycles. The third-order valence-corrected chi connectivity index (χ3v) is 4.40. The molecule has 0 heterocycles. The highest BCUT2D eigenvalue weighted by atomic mass is 32.2. The molecule has 0 bridgehead atoms. The van der Waals surface area contributed by atoms with Crippen LogP contribution < -0.4 is 15.6 Å². The van der Waals surface area contributed by atoms with E-state index in [1.807, 2.05) is 45.4 Å². The molecule has 2 rings (SSSR count). The number of phenols is 1. The Labute approximate surface area is 135 Å². The van der Waals surface area contributed by atoms with Gasteiger partial charge in [0, 0.05) is 17.5 Å². The van der Waals surface area contributed by atoms with Crippen LogP contribution in [0, 0.1) is 13.8 Å². The van der Waals surface area contributed by atoms with Crippen molar-refractivity contribution in [2.24, 2.45) is 5.84 Å². The first-order valence-corrected chi connectivity index (χ1v) is 8.23. The number of nitrogens with two attached hydrogens (primary N) is 1. The van der Waals surface area contributed by atoms with Gasteiger partial charge < -0.3 is 14.9 Å². The van der Waals surface area contributed by atoms with Gasteiger partial charge in [-0.3, -0.25) is 0 Å². The first-order chi connectivity index (χ1) is 10.4. The van der Waals surface area contributed by atoms with Crippen molar-refractivity contribution in [2.75, 3.05) is 18.3 Å². The maximum Gasteiger partial charge on any atom is 0.123 e. The van der Waals surface area contributed by atoms with Crippen LogP contribution in [0.25, 0.3) is 0 Å². The van der Waals surface area contributed by atoms with Crippen LogP contribution in [-0.2, 0) is 6.61 Å². The number of hydrogen-bond acceptors (Lipinski definition) is 5. The predicted octanol–water partition coefficient (Wildman–Crippen LogP) is 3.62. The van der Waals surface area contributed by atoms with Crippen LogP contribution in [0.4, 0.5) is 5.69 Å². The lowest BCUT2D eigenvalue weighted by Gasteiger charge is -2.20. The van der Waals surface area contributed by atoms with Crippen LogP contribution >= 0.6 is 11.8 Å². The van der Waals surface area contributed by atoms with Crippen molar-refractivity contribution in [3.8, 4) is 11.5 Å². The van der Waals surface area contributed by atoms with Gasteiger partial charge in [-0.15, -0.1) is 11.8 Å². The highest BCUT2D eigenvalue weighted by molar-refractivity contribution is 7.98. The van der Waals surface area contributed by atoms with Gasteiger partial charge in [0.15, 0.2) is 0 Å². The number of nitrogens with zero attached hydrogens (tertiary/aromatic N) is 1. The smallest absolute Gasteiger partial charge is 0.123 e. The molecule has 0 aliphatic carbocycles. The summed E-state index contributed by atoms with van der Waals surface area (Å²) < 4.78 is 5.99. The number of ether oxygens (including phenoxy) is 1. The minimum Gasteiger partial charge on any atom is -0.508 e. The second-order valence-electron chi connectivity index (χ2n) is 5.26. The van der Waals surface area contributed by atoms with Crippen LogP contribution in [-0.4, -0.2) is 18.4 Å². The van der Waals surface area contributed by atoms with E-state index in [2.05, 4.69) is 6.07 Å². The van der Waals surface area contributed by atoms with Crippen molar-refractivity contribution < 1.29 is 9.84 Å². The van der Waals surface area contributed by atoms with Crippen LogP contribution in [0.3, 0.4) is 0 Å². The molecule has 2 aromatic rings. The first-order valence-electron chi connectivity index (χ1n) is 7.01. The van der Waals surface area contributed by atoms with Crippen molar-refractivity contribution in [3.63, 3.8) is 0 Å². The van der Waals surface area contributed by atoms with Gasteiger partial charge in [0.1, 0.15) is 18.1 Å². The number of hydrogen-bond donors (Lipinski definition) is 2. The van der Waals surface area contributed by atoms with E-state index < -0.39 is 0 Å². The molecule has 3 N–H and O–H groups in total. The molecule has 118 valence electrons. The number of aromatic hydroxyl groups is 1. The first kappa shape index (κ1) is 16.5. The van der Waals surface area contributed by atoms with Gasteiger partial charge in [0.25, 0.3) is 0 Å². The molecule has 0 saturated carbocycles. The SMILES string of the molecule is CSc1cccc(N(C)N)c1COc1cc(C)c(O)cc1C. The van der Waals surface area contributed by atoms with E-state index in [0.29, 0.717) is 6.61 Å². The van der Waals surface area contributed by atoms with Crippen LogP contribution in [0.1, 0.15) is 16.7 Å². The summed E-state index contributed by atoms with van der Waals surface area (Å²) in [5.74, 6) is 6.98. The summed E-state index contributed by atoms with van der Waals surface area (Å²) in [5, 5.41) is 11.3. The van der Waals surface area contributed by atoms with Crippen molar-refractivity contribution in [3.05, 3.63) is 47.0 Å². The Morgan fingerprint density at radius 3 is 2.59 bits per heavy atom. The molecule has 22 heavy (non-hydrogen) atoms. The summed E-state index contributed by atoms with van der Waals surface area (Å²) in [5.41, 5.74) is 3.72. The topological polar surface area (TPSA) is 58.7 Å². The molecule has 2 aromatic carbocycles. The number of hydrazine groups is 1. The minimum atomic E-state index is 0.289. The van der Waals surface area contributed by atoms with Gasteiger partial charge in [-0.25, -0.2) is 5.84 Å². The monoisotopic (exact) mass is 318 g/mol. The standard InChI is InChI=1S/C17H22N2O2S/c1-11-9-16(12(2)8-15(11)20)21-10-13-14(19(3)18)6-5-7-17(13)22-4/h5-9,20H,10,18H2,1-4H3. The quantitative estimate of drug-likeness (QED) is 0.501. The Kier molecular flexibility index (Phi) is 5.21. The van der Waals surface area contributed by atoms with Crippen molar-refractivity contribution in [2.45, 2.75) is 25.3 Å². The van der Waals surface area contributed by atoms with E-state index in [1.165, 1.54) is 0 Å². The summed E-state index contributed by atoms with van der Waals surface area (Å²) in [6.07, 6.45) is 2.04. The number of phenolic OH excluding ortho intramolecular Hbond substituents is 1. The van der Waals surface area contributed by atoms with E-state index in [4.69, 9.17) is 10.6 Å². The average molecular weight is 318 g/mol. The minimum absolute atomic E-state index is 0.289. The van der Waals surface area contributed by atoms with Crippen molar-refractivity contribution >= 4 is 17.4 Å². The largest absolute Gasteiger partial charge is 0.508 e. The van der Waals surface area contributed by atoms with E-state index >= 15 is 0 Å². The highest BCUT2D eigenvalue weighted by Gasteiger charge is 2.12. The highest BCUT2D eigenvalue weighted by Crippen LogP contribution is 2.31. The summed E-state index contributed by atoms with van der Waals surface area (Å²) >= 11 is 1.67. The summed E-state index contributed by atoms with van der Waals surface area (Å²) in [4.78, 5) is 1.14. The zero-order valence-corrected chi connectivity index (χ0v) is 14.2. The zero-order valence-electron chi connectivity index (χ0n) is 13.4. The fourth-order valence-corrected chi connectivity index (χ4v) is 2.93. The average Bonchev–Trinajstić information content (AvgIpc) is 2.49. The number of benzene rings is 2. The molecule has 4 nitrogen and oxygen atoms in total. The molecule has 0 aromatic heterocycles. The van der Waals surface area contributed by atoms with Crippen molar-refractivity contribution in [1.29, 1.82) is 0 Å². The molecule has 0 unspecified atom stereocenters. The van der Waals surface area contributed by atoms with E-state index in [9.17, 15) is 5.11 Å². The molecular formula is C17H22N2O2S. The molecule has 0 aliphatic rings. The number of thioether (sulfide) groups is 1. The molecular weight excluding hydrogens is 296 g/mol. The van der Waals surface area contributed by atoms with Gasteiger partial charge in [0.2, 0.25) is 0 Å². The molecule has 5 heteroatoms. The van der Waals surface area contributed by atoms with E-state index in [1.54, 1.807) is 22.8 Å². The van der Waals surface area contributed by atoms with Crippen LogP contribution in [0.15, 0.2) is 35.2 Å². The molecule has 0 radical (unpaired) electrons. The summed E-state index contributed by atoms with van der Waals surface area (Å²) in [7, 11) is 1.82. The third-order valence-electron chi connectivity index (χ3n) is 3.57. The Morgan fingerprint density at radius 2 is 1.95 bits per heavy atom. The second kappa shape index (κ2) is 6.94. The lowest BCUT2D eigenvalue weighted by molar-refractivity contribution is 0.300. The van der Waals surface area contributed by atoms with Gasteiger partial charge in [-0.2, -0.15) is 0 Å². The van der Waals surface area contributed by atoms with Crippen molar-refractivity contribution in [1.82, 2.24) is 0 Å². The lowest BCUT2D eigenvalue weighted by Crippen LogP contribution is -2.26. The normalized spacial score (nSPS) is 10.6. The lowest BCUT2D eigenvalue weighted by atomic mass is 10.1. The van der Waals surface area contributed by atoms with E-state index in [-0.39, 0.29) is 5.75 Å². The van der Waals surface area contributed by atoms with E-state index in [0.717, 1.165) is 33.0 Å². The van der Waals surface area contributed by atoms with Crippen LogP contribution in [0.5, 0.6) is 11.5 Å². The molecule has 0 atom stereocenters. The predicted molar refractivity (Wildman–Crippen MR) is 92.7 cm³/mol. The zero-order chi connectivity index (χ0) is 16.3. The number of rotatable bonds is 5. The Hall–Kier alpha value is -1.85. The molecule has 0 spiro atoms. The Bertz CT molecular complexity index is 672. The Balaban J connectivity index is 2.30. The summed E-state index contributed by atoms with van der Waals surface area (Å²) in [6, 6.07) is 9.61. The van der Waals surface area contributed by atoms with Gasteiger partial charge in [0.05, 0.1) is 5.69 Å². The second-order valence-corrected chi connectivity index (χ2v) is 6.11. The Morgan fingerprint density at radius 1 is 1.23 bits per heavy atom. The van der Waals surface area contributed by atoms with Gasteiger partial charge in [-0.05, 0) is 55.5 Å². The fourth-order valence-electron chi connectivity index (χ4n) is 2.30. The number of aryl methyl sites for hydroxylation is 2. The van der Waals surface area contributed by atoms with Gasteiger partial charge in [-0.1, -0.05) is 6.07 Å². The van der Waals surface area contributed by atoms with Gasteiger partial charge >= 0.3 is 0 Å². The molecule has 0 fully saturated rings. The molecule has 0 aliphatic heterocycles. The summed E-state index contributed by atoms with van der Waals surface area (Å²) in [6.45, 7) is 4.21. The maximum absolute atomic E-state index is 9.73. The number of anilines is 1. The third kappa shape index (κ3) is 3.48. The molecule has 0 amide bonds. The fraction of sp³-hybridized carbons (Fsp3) is 0.294.